The number of alkyl halides is 6. The highest BCUT2D eigenvalue weighted by Gasteiger charge is 2.39. The Morgan fingerprint density at radius 1 is 1.11 bits per heavy atom. The van der Waals surface area contributed by atoms with Crippen LogP contribution in [0.3, 0.4) is 0 Å². The number of hydrogen-bond acceptors (Lipinski definition) is 4. The molecule has 0 bridgehead atoms. The van der Waals surface area contributed by atoms with E-state index in [1.165, 1.54) is 24.3 Å². The van der Waals surface area contributed by atoms with Crippen molar-refractivity contribution in [3.05, 3.63) is 35.7 Å². The largest absolute Gasteiger partial charge is 0.471 e. The number of carbonyl (C=O) groups excluding carboxylic acids is 1. The monoisotopic (exact) mass is 407 g/mol. The van der Waals surface area contributed by atoms with Crippen LogP contribution in [0.15, 0.2) is 28.8 Å². The highest BCUT2D eigenvalue weighted by molar-refractivity contribution is 5.79. The number of amides is 1. The summed E-state index contributed by atoms with van der Waals surface area (Å²) in [5.41, 5.74) is 0.607. The van der Waals surface area contributed by atoms with E-state index in [2.05, 4.69) is 14.7 Å². The van der Waals surface area contributed by atoms with Gasteiger partial charge in [0.1, 0.15) is 6.54 Å². The molecule has 2 aromatic rings. The van der Waals surface area contributed by atoms with Gasteiger partial charge in [-0.25, -0.2) is 0 Å². The zero-order valence-corrected chi connectivity index (χ0v) is 14.3. The average molecular weight is 407 g/mol. The minimum absolute atomic E-state index is 0.204. The van der Waals surface area contributed by atoms with Gasteiger partial charge in [-0.2, -0.15) is 31.3 Å². The van der Waals surface area contributed by atoms with Crippen LogP contribution >= 0.6 is 0 Å². The maximum Gasteiger partial charge on any atom is 0.471 e. The first-order valence-electron chi connectivity index (χ1n) is 8.39. The summed E-state index contributed by atoms with van der Waals surface area (Å²) in [5.74, 6) is -2.71. The predicted octanol–water partition coefficient (Wildman–Crippen LogP) is 4.45. The Hall–Kier alpha value is -2.59. The lowest BCUT2D eigenvalue weighted by atomic mass is 9.84. The number of benzene rings is 1. The van der Waals surface area contributed by atoms with Crippen LogP contribution in [0.1, 0.15) is 30.7 Å². The molecular weight excluding hydrogens is 392 g/mol. The zero-order chi connectivity index (χ0) is 20.5. The van der Waals surface area contributed by atoms with Gasteiger partial charge >= 0.3 is 18.2 Å². The Morgan fingerprint density at radius 3 is 2.21 bits per heavy atom. The third kappa shape index (κ3) is 4.82. The molecule has 28 heavy (non-hydrogen) atoms. The van der Waals surface area contributed by atoms with E-state index in [1.54, 1.807) is 0 Å². The lowest BCUT2D eigenvalue weighted by molar-refractivity contribution is -0.166. The van der Waals surface area contributed by atoms with Crippen LogP contribution in [0.4, 0.5) is 26.3 Å². The second kappa shape index (κ2) is 7.44. The first kappa shape index (κ1) is 20.2. The first-order chi connectivity index (χ1) is 13.0. The minimum atomic E-state index is -4.77. The standard InChI is InChI=1S/C17H15F6N3O2/c18-16(19,20)9-26(14(27)12-2-1-3-12)8-10-4-6-11(7-5-10)13-24-15(28-25-13)17(21,22)23/h4-7,12H,1-3,8-9H2. The van der Waals surface area contributed by atoms with Crippen molar-refractivity contribution in [3.63, 3.8) is 0 Å². The zero-order valence-electron chi connectivity index (χ0n) is 14.3. The molecule has 0 atom stereocenters. The maximum absolute atomic E-state index is 12.8. The van der Waals surface area contributed by atoms with Crippen molar-refractivity contribution in [2.24, 2.45) is 5.92 Å². The van der Waals surface area contributed by atoms with Crippen LogP contribution < -0.4 is 0 Å². The molecule has 1 aromatic heterocycles. The maximum atomic E-state index is 12.8. The number of nitrogens with zero attached hydrogens (tertiary/aromatic N) is 3. The third-order valence-corrected chi connectivity index (χ3v) is 4.39. The van der Waals surface area contributed by atoms with Crippen LogP contribution in [0.2, 0.25) is 0 Å². The molecule has 0 spiro atoms. The van der Waals surface area contributed by atoms with Crippen LogP contribution in [-0.4, -0.2) is 33.7 Å². The van der Waals surface area contributed by atoms with Crippen molar-refractivity contribution in [1.82, 2.24) is 15.0 Å². The van der Waals surface area contributed by atoms with Crippen molar-refractivity contribution >= 4 is 5.91 Å². The molecule has 5 nitrogen and oxygen atoms in total. The fourth-order valence-electron chi connectivity index (χ4n) is 2.78. The van der Waals surface area contributed by atoms with E-state index < -0.39 is 30.7 Å². The molecule has 0 saturated heterocycles. The molecule has 1 aliphatic rings. The molecule has 1 aromatic carbocycles. The van der Waals surface area contributed by atoms with E-state index in [1.807, 2.05) is 0 Å². The summed E-state index contributed by atoms with van der Waals surface area (Å²) in [6.07, 6.45) is -7.34. The Bertz CT molecular complexity index is 825. The highest BCUT2D eigenvalue weighted by atomic mass is 19.4. The molecule has 3 rings (SSSR count). The number of hydrogen-bond donors (Lipinski definition) is 0. The van der Waals surface area contributed by atoms with Gasteiger partial charge < -0.3 is 9.42 Å². The second-order valence-corrected chi connectivity index (χ2v) is 6.56. The molecule has 152 valence electrons. The first-order valence-corrected chi connectivity index (χ1v) is 8.39. The Labute approximate surface area is 155 Å². The van der Waals surface area contributed by atoms with E-state index in [0.717, 1.165) is 11.3 Å². The smallest absolute Gasteiger partial charge is 0.329 e. The molecule has 1 saturated carbocycles. The van der Waals surface area contributed by atoms with Gasteiger partial charge in [0, 0.05) is 18.0 Å². The van der Waals surface area contributed by atoms with Crippen LogP contribution in [0.25, 0.3) is 11.4 Å². The minimum Gasteiger partial charge on any atom is -0.329 e. The number of carbonyl (C=O) groups is 1. The number of rotatable bonds is 5. The van der Waals surface area contributed by atoms with Gasteiger partial charge in [-0.3, -0.25) is 4.79 Å². The molecule has 1 fully saturated rings. The van der Waals surface area contributed by atoms with E-state index >= 15 is 0 Å². The summed E-state index contributed by atoms with van der Waals surface area (Å²) in [4.78, 5) is 16.3. The van der Waals surface area contributed by atoms with Crippen molar-refractivity contribution < 1.29 is 35.7 Å². The average Bonchev–Trinajstić information content (AvgIpc) is 3.02. The summed E-state index contributed by atoms with van der Waals surface area (Å²) in [6, 6.07) is 5.55. The summed E-state index contributed by atoms with van der Waals surface area (Å²) in [7, 11) is 0. The van der Waals surface area contributed by atoms with Crippen LogP contribution in [0, 0.1) is 5.92 Å². The fraction of sp³-hybridized carbons (Fsp3) is 0.471. The summed E-state index contributed by atoms with van der Waals surface area (Å²) in [5, 5.41) is 3.24. The van der Waals surface area contributed by atoms with Gasteiger partial charge in [0.25, 0.3) is 0 Å². The van der Waals surface area contributed by atoms with Crippen LogP contribution in [0.5, 0.6) is 0 Å². The normalized spacial score (nSPS) is 15.4. The summed E-state index contributed by atoms with van der Waals surface area (Å²) >= 11 is 0. The molecule has 11 heteroatoms. The fourth-order valence-corrected chi connectivity index (χ4v) is 2.78. The Kier molecular flexibility index (Phi) is 5.35. The van der Waals surface area contributed by atoms with E-state index in [0.29, 0.717) is 18.4 Å². The molecular formula is C17H15F6N3O2. The van der Waals surface area contributed by atoms with Crippen molar-refractivity contribution in [1.29, 1.82) is 0 Å². The SMILES string of the molecule is O=C(C1CCC1)N(Cc1ccc(-c2noc(C(F)(F)F)n2)cc1)CC(F)(F)F. The van der Waals surface area contributed by atoms with Gasteiger partial charge in [0.05, 0.1) is 0 Å². The van der Waals surface area contributed by atoms with Crippen LogP contribution in [-0.2, 0) is 17.5 Å². The molecule has 1 heterocycles. The van der Waals surface area contributed by atoms with Gasteiger partial charge in [0.15, 0.2) is 0 Å². The Balaban J connectivity index is 1.73. The van der Waals surface area contributed by atoms with Gasteiger partial charge in [0.2, 0.25) is 11.7 Å². The molecule has 0 aliphatic heterocycles. The molecule has 1 aliphatic carbocycles. The highest BCUT2D eigenvalue weighted by Crippen LogP contribution is 2.31. The van der Waals surface area contributed by atoms with Gasteiger partial charge in [-0.05, 0) is 18.4 Å². The molecule has 0 radical (unpaired) electrons. The predicted molar refractivity (Wildman–Crippen MR) is 83.5 cm³/mol. The topological polar surface area (TPSA) is 59.2 Å². The molecule has 0 unspecified atom stereocenters. The quantitative estimate of drug-likeness (QED) is 0.688. The lowest BCUT2D eigenvalue weighted by Gasteiger charge is -2.32. The van der Waals surface area contributed by atoms with E-state index in [9.17, 15) is 31.1 Å². The Morgan fingerprint density at radius 2 is 1.75 bits per heavy atom. The van der Waals surface area contributed by atoms with Gasteiger partial charge in [-0.15, -0.1) is 0 Å². The molecule has 1 amide bonds. The van der Waals surface area contributed by atoms with Crippen molar-refractivity contribution in [3.8, 4) is 11.4 Å². The third-order valence-electron chi connectivity index (χ3n) is 4.39. The summed E-state index contributed by atoms with van der Waals surface area (Å²) in [6.45, 7) is -1.61. The van der Waals surface area contributed by atoms with Crippen molar-refractivity contribution in [2.45, 2.75) is 38.2 Å². The van der Waals surface area contributed by atoms with E-state index in [-0.39, 0.29) is 23.9 Å². The number of aromatic nitrogens is 2. The van der Waals surface area contributed by atoms with Crippen molar-refractivity contribution in [2.75, 3.05) is 6.54 Å². The lowest BCUT2D eigenvalue weighted by Crippen LogP contribution is -2.43. The number of halogens is 6. The van der Waals surface area contributed by atoms with Gasteiger partial charge in [-0.1, -0.05) is 35.8 Å². The van der Waals surface area contributed by atoms with E-state index in [4.69, 9.17) is 0 Å². The second-order valence-electron chi connectivity index (χ2n) is 6.56. The molecule has 0 N–H and O–H groups in total. The summed E-state index contributed by atoms with van der Waals surface area (Å²) < 4.78 is 80.1.